The van der Waals surface area contributed by atoms with Crippen LogP contribution in [0.1, 0.15) is 32.4 Å². The van der Waals surface area contributed by atoms with E-state index in [0.717, 1.165) is 28.8 Å². The summed E-state index contributed by atoms with van der Waals surface area (Å²) in [6, 6.07) is 31.5. The third-order valence-electron chi connectivity index (χ3n) is 6.99. The maximum Gasteiger partial charge on any atom is 0.277 e. The van der Waals surface area contributed by atoms with Gasteiger partial charge < -0.3 is 10.3 Å². The third-order valence-corrected chi connectivity index (χ3v) is 6.99. The van der Waals surface area contributed by atoms with Crippen molar-refractivity contribution < 1.29 is 4.79 Å². The van der Waals surface area contributed by atoms with Crippen LogP contribution in [0.15, 0.2) is 120 Å². The Morgan fingerprint density at radius 2 is 1.58 bits per heavy atom. The zero-order valence-corrected chi connectivity index (χ0v) is 24.5. The number of aromatic amines is 1. The number of pyridine rings is 1. The Bertz CT molecular complexity index is 1830. The minimum Gasteiger partial charge on any atom is -0.358 e. The molecule has 2 N–H and O–H groups in total. The minimum absolute atomic E-state index is 0.0321. The van der Waals surface area contributed by atoms with E-state index in [0.29, 0.717) is 11.5 Å². The van der Waals surface area contributed by atoms with Crippen molar-refractivity contribution in [3.05, 3.63) is 132 Å². The number of nitrogens with one attached hydrogen (secondary N) is 2. The standard InChI is InChI=1S/C25H21N3O2.C11H14N2/c1-18(29)17-28-24(20-11-6-3-7-12-20)26-16-23(25(28)30)27-22-14-8-13-21(15-22)19-9-4-2-5-10-19;1-2-3-4-10-7-9-8-12-6-5-11(9)13-10/h2-16,27H,17H2,1H3;5-8,13H,2-4H2,1H3. The fourth-order valence-electron chi connectivity index (χ4n) is 4.86. The van der Waals surface area contributed by atoms with Gasteiger partial charge in [0.05, 0.1) is 12.7 Å². The van der Waals surface area contributed by atoms with Crippen molar-refractivity contribution in [1.82, 2.24) is 19.5 Å². The number of carbonyl (C=O) groups excluding carboxylic acids is 1. The SMILES string of the molecule is CC(=O)Cn1c(-c2ccccc2)ncc(Nc2cccc(-c3ccccc3)c2)c1=O.CCCCc1cc2cnccc2[nH]1. The van der Waals surface area contributed by atoms with E-state index in [2.05, 4.69) is 33.3 Å². The van der Waals surface area contributed by atoms with Gasteiger partial charge in [0.1, 0.15) is 17.3 Å². The molecule has 0 spiro atoms. The van der Waals surface area contributed by atoms with Gasteiger partial charge in [-0.05, 0) is 55.2 Å². The number of aromatic nitrogens is 4. The molecule has 6 rings (SSSR count). The first-order chi connectivity index (χ1) is 21.0. The van der Waals surface area contributed by atoms with E-state index in [1.165, 1.54) is 47.1 Å². The van der Waals surface area contributed by atoms with Crippen molar-refractivity contribution in [3.8, 4) is 22.5 Å². The number of fused-ring (bicyclic) bond motifs is 1. The number of aryl methyl sites for hydroxylation is 1. The molecule has 6 aromatic rings. The molecule has 0 saturated carbocycles. The van der Waals surface area contributed by atoms with Crippen molar-refractivity contribution in [2.45, 2.75) is 39.7 Å². The smallest absolute Gasteiger partial charge is 0.277 e. The van der Waals surface area contributed by atoms with Crippen LogP contribution in [0.4, 0.5) is 11.4 Å². The second-order valence-corrected chi connectivity index (χ2v) is 10.4. The van der Waals surface area contributed by atoms with E-state index in [4.69, 9.17) is 0 Å². The summed E-state index contributed by atoms with van der Waals surface area (Å²) in [4.78, 5) is 36.9. The number of anilines is 2. The molecule has 0 bridgehead atoms. The number of unbranched alkanes of at least 4 members (excludes halogenated alkanes) is 1. The van der Waals surface area contributed by atoms with Gasteiger partial charge in [-0.1, -0.05) is 86.1 Å². The Kier molecular flexibility index (Phi) is 9.54. The van der Waals surface area contributed by atoms with Gasteiger partial charge >= 0.3 is 0 Å². The normalized spacial score (nSPS) is 10.7. The molecule has 43 heavy (non-hydrogen) atoms. The molecular weight excluding hydrogens is 534 g/mol. The monoisotopic (exact) mass is 569 g/mol. The lowest BCUT2D eigenvalue weighted by Gasteiger charge is -2.14. The van der Waals surface area contributed by atoms with E-state index in [-0.39, 0.29) is 17.9 Å². The maximum absolute atomic E-state index is 13.2. The Hall–Kier alpha value is -5.30. The number of hydrogen-bond acceptors (Lipinski definition) is 5. The molecule has 0 aliphatic rings. The number of ketones is 1. The Morgan fingerprint density at radius 1 is 0.860 bits per heavy atom. The third kappa shape index (κ3) is 7.51. The van der Waals surface area contributed by atoms with E-state index in [1.54, 1.807) is 0 Å². The van der Waals surface area contributed by atoms with E-state index >= 15 is 0 Å². The molecule has 3 aromatic carbocycles. The molecule has 0 unspecified atom stereocenters. The summed E-state index contributed by atoms with van der Waals surface area (Å²) in [7, 11) is 0. The lowest BCUT2D eigenvalue weighted by Crippen LogP contribution is -2.27. The molecule has 0 radical (unpaired) electrons. The topological polar surface area (TPSA) is 92.7 Å². The lowest BCUT2D eigenvalue weighted by molar-refractivity contribution is -0.117. The molecule has 0 fully saturated rings. The largest absolute Gasteiger partial charge is 0.358 e. The molecule has 0 saturated heterocycles. The molecule has 0 atom stereocenters. The second-order valence-electron chi connectivity index (χ2n) is 10.4. The average molecular weight is 570 g/mol. The summed E-state index contributed by atoms with van der Waals surface area (Å²) in [6.45, 7) is 3.64. The van der Waals surface area contributed by atoms with Gasteiger partial charge in [-0.2, -0.15) is 0 Å². The summed E-state index contributed by atoms with van der Waals surface area (Å²) in [5, 5.41) is 4.38. The summed E-state index contributed by atoms with van der Waals surface area (Å²) >= 11 is 0. The summed E-state index contributed by atoms with van der Waals surface area (Å²) < 4.78 is 1.42. The molecule has 0 aliphatic carbocycles. The Labute approximate surface area is 251 Å². The fraction of sp³-hybridized carbons (Fsp3) is 0.167. The Morgan fingerprint density at radius 3 is 2.28 bits per heavy atom. The predicted octanol–water partition coefficient (Wildman–Crippen LogP) is 7.82. The molecule has 7 heteroatoms. The highest BCUT2D eigenvalue weighted by atomic mass is 16.1. The van der Waals surface area contributed by atoms with Crippen LogP contribution in [-0.2, 0) is 17.8 Å². The maximum atomic E-state index is 13.2. The van der Waals surface area contributed by atoms with Crippen LogP contribution < -0.4 is 10.9 Å². The highest BCUT2D eigenvalue weighted by molar-refractivity contribution is 5.79. The molecular formula is C36H35N5O2. The summed E-state index contributed by atoms with van der Waals surface area (Å²) in [6.07, 6.45) is 8.89. The molecule has 216 valence electrons. The first kappa shape index (κ1) is 29.2. The van der Waals surface area contributed by atoms with Gasteiger partial charge in [0.15, 0.2) is 0 Å². The summed E-state index contributed by atoms with van der Waals surface area (Å²) in [5.74, 6) is 0.360. The number of benzene rings is 3. The van der Waals surface area contributed by atoms with E-state index in [9.17, 15) is 9.59 Å². The molecule has 0 amide bonds. The molecule has 3 aromatic heterocycles. The zero-order valence-electron chi connectivity index (χ0n) is 24.5. The predicted molar refractivity (Wildman–Crippen MR) is 174 cm³/mol. The van der Waals surface area contributed by atoms with Gasteiger partial charge in [0.25, 0.3) is 5.56 Å². The number of hydrogen-bond donors (Lipinski definition) is 2. The van der Waals surface area contributed by atoms with Gasteiger partial charge in [0, 0.05) is 40.2 Å². The number of rotatable bonds is 9. The lowest BCUT2D eigenvalue weighted by atomic mass is 10.1. The number of Topliss-reactive ketones (excluding diaryl/α,β-unsaturated/α-hetero) is 1. The van der Waals surface area contributed by atoms with Crippen molar-refractivity contribution in [1.29, 1.82) is 0 Å². The van der Waals surface area contributed by atoms with Crippen LogP contribution in [-0.4, -0.2) is 25.3 Å². The van der Waals surface area contributed by atoms with Gasteiger partial charge in [0.2, 0.25) is 0 Å². The first-order valence-electron chi connectivity index (χ1n) is 14.5. The van der Waals surface area contributed by atoms with Crippen LogP contribution in [0.25, 0.3) is 33.4 Å². The van der Waals surface area contributed by atoms with Crippen molar-refractivity contribution in [2.24, 2.45) is 0 Å². The van der Waals surface area contributed by atoms with Gasteiger partial charge in [-0.25, -0.2) is 4.98 Å². The summed E-state index contributed by atoms with van der Waals surface area (Å²) in [5.41, 5.74) is 6.24. The highest BCUT2D eigenvalue weighted by Crippen LogP contribution is 2.24. The number of carbonyl (C=O) groups is 1. The average Bonchev–Trinajstić information content (AvgIpc) is 3.46. The minimum atomic E-state index is -0.288. The van der Waals surface area contributed by atoms with E-state index < -0.39 is 0 Å². The Balaban J connectivity index is 0.000000235. The van der Waals surface area contributed by atoms with E-state index in [1.807, 2.05) is 103 Å². The van der Waals surface area contributed by atoms with Crippen LogP contribution in [0.2, 0.25) is 0 Å². The van der Waals surface area contributed by atoms with Crippen LogP contribution in [0.5, 0.6) is 0 Å². The second kappa shape index (κ2) is 14.0. The molecule has 0 aliphatic heterocycles. The first-order valence-corrected chi connectivity index (χ1v) is 14.5. The zero-order chi connectivity index (χ0) is 30.0. The van der Waals surface area contributed by atoms with Crippen molar-refractivity contribution in [2.75, 3.05) is 5.32 Å². The van der Waals surface area contributed by atoms with Crippen molar-refractivity contribution in [3.63, 3.8) is 0 Å². The fourth-order valence-corrected chi connectivity index (χ4v) is 4.86. The van der Waals surface area contributed by atoms with Gasteiger partial charge in [-0.3, -0.25) is 19.1 Å². The van der Waals surface area contributed by atoms with Gasteiger partial charge in [-0.15, -0.1) is 0 Å². The quantitative estimate of drug-likeness (QED) is 0.185. The van der Waals surface area contributed by atoms with Crippen molar-refractivity contribution >= 4 is 28.1 Å². The number of nitrogens with zero attached hydrogens (tertiary/aromatic N) is 3. The number of H-pyrrole nitrogens is 1. The van der Waals surface area contributed by atoms with Crippen LogP contribution in [0, 0.1) is 0 Å². The molecule has 3 heterocycles. The highest BCUT2D eigenvalue weighted by Gasteiger charge is 2.14. The molecule has 7 nitrogen and oxygen atoms in total. The van der Waals surface area contributed by atoms with Crippen LogP contribution >= 0.6 is 0 Å². The van der Waals surface area contributed by atoms with Crippen LogP contribution in [0.3, 0.4) is 0 Å².